The molecule has 3 nitrogen and oxygen atoms in total. The Balaban J connectivity index is 2.73. The van der Waals surface area contributed by atoms with E-state index < -0.39 is 0 Å². The third-order valence-electron chi connectivity index (χ3n) is 3.61. The fourth-order valence-electron chi connectivity index (χ4n) is 2.06. The van der Waals surface area contributed by atoms with E-state index in [1.165, 1.54) is 12.1 Å². The molecule has 1 unspecified atom stereocenters. The van der Waals surface area contributed by atoms with Crippen LogP contribution in [0.1, 0.15) is 52.4 Å². The normalized spacial score (nSPS) is 15.7. The average molecular weight is 251 g/mol. The van der Waals surface area contributed by atoms with Gasteiger partial charge < -0.3 is 5.32 Å². The van der Waals surface area contributed by atoms with Gasteiger partial charge in [0.2, 0.25) is 0 Å². The fourth-order valence-corrected chi connectivity index (χ4v) is 2.06. The van der Waals surface area contributed by atoms with Gasteiger partial charge in [-0.15, -0.1) is 0 Å². The van der Waals surface area contributed by atoms with E-state index in [-0.39, 0.29) is 11.0 Å². The van der Waals surface area contributed by atoms with Gasteiger partial charge in [0, 0.05) is 24.8 Å². The molecule has 0 bridgehead atoms. The minimum atomic E-state index is 0.179. The first-order valence-corrected chi connectivity index (χ1v) is 6.90. The van der Waals surface area contributed by atoms with Gasteiger partial charge in [-0.05, 0) is 52.0 Å². The Hall–Kier alpha value is -0.830. The highest BCUT2D eigenvalue weighted by molar-refractivity contribution is 5.11. The highest BCUT2D eigenvalue weighted by Gasteiger charge is 2.26. The number of aryl methyl sites for hydroxylation is 2. The van der Waals surface area contributed by atoms with Crippen molar-refractivity contribution in [3.8, 4) is 0 Å². The Morgan fingerprint density at radius 3 is 2.28 bits per heavy atom. The molecule has 0 aliphatic heterocycles. The van der Waals surface area contributed by atoms with Crippen LogP contribution in [0.4, 0.5) is 0 Å². The quantitative estimate of drug-likeness (QED) is 0.871. The van der Waals surface area contributed by atoms with Crippen molar-refractivity contribution in [2.24, 2.45) is 12.5 Å². The molecule has 1 heterocycles. The smallest absolute Gasteiger partial charge is 0.0596 e. The summed E-state index contributed by atoms with van der Waals surface area (Å²) in [5.41, 5.74) is 2.90. The Morgan fingerprint density at radius 2 is 1.89 bits per heavy atom. The maximum Gasteiger partial charge on any atom is 0.0596 e. The van der Waals surface area contributed by atoms with Crippen molar-refractivity contribution in [2.75, 3.05) is 6.54 Å². The van der Waals surface area contributed by atoms with E-state index >= 15 is 0 Å². The maximum atomic E-state index is 4.43. The Kier molecular flexibility index (Phi) is 4.60. The molecule has 1 atom stereocenters. The number of hydrogen-bond acceptors (Lipinski definition) is 2. The van der Waals surface area contributed by atoms with Gasteiger partial charge in [-0.25, -0.2) is 0 Å². The summed E-state index contributed by atoms with van der Waals surface area (Å²) in [6.07, 6.45) is 2.24. The molecule has 1 aromatic heterocycles. The zero-order valence-electron chi connectivity index (χ0n) is 13.1. The number of nitrogens with zero attached hydrogens (tertiary/aromatic N) is 2. The molecule has 18 heavy (non-hydrogen) atoms. The van der Waals surface area contributed by atoms with Gasteiger partial charge >= 0.3 is 0 Å². The highest BCUT2D eigenvalue weighted by Crippen LogP contribution is 2.26. The lowest BCUT2D eigenvalue weighted by Crippen LogP contribution is -2.43. The maximum absolute atomic E-state index is 4.43. The van der Waals surface area contributed by atoms with Crippen molar-refractivity contribution in [3.05, 3.63) is 17.5 Å². The summed E-state index contributed by atoms with van der Waals surface area (Å²) in [7, 11) is 2.04. The van der Waals surface area contributed by atoms with Gasteiger partial charge in [0.05, 0.1) is 5.69 Å². The second kappa shape index (κ2) is 5.43. The predicted molar refractivity (Wildman–Crippen MR) is 77.8 cm³/mol. The van der Waals surface area contributed by atoms with Gasteiger partial charge in [0.25, 0.3) is 0 Å². The molecule has 104 valence electrons. The van der Waals surface area contributed by atoms with Crippen LogP contribution in [0.5, 0.6) is 0 Å². The van der Waals surface area contributed by atoms with Gasteiger partial charge in [0.1, 0.15) is 0 Å². The van der Waals surface area contributed by atoms with Crippen LogP contribution in [0.25, 0.3) is 0 Å². The van der Waals surface area contributed by atoms with E-state index in [1.54, 1.807) is 0 Å². The largest absolute Gasteiger partial charge is 0.312 e. The molecule has 0 aromatic carbocycles. The van der Waals surface area contributed by atoms with Gasteiger partial charge in [-0.3, -0.25) is 4.68 Å². The first-order chi connectivity index (χ1) is 8.15. The molecule has 0 spiro atoms. The van der Waals surface area contributed by atoms with Crippen LogP contribution >= 0.6 is 0 Å². The first kappa shape index (κ1) is 15.2. The molecule has 0 aliphatic carbocycles. The third-order valence-corrected chi connectivity index (χ3v) is 3.61. The zero-order valence-corrected chi connectivity index (χ0v) is 13.1. The summed E-state index contributed by atoms with van der Waals surface area (Å²) < 4.78 is 2.01. The van der Waals surface area contributed by atoms with E-state index in [2.05, 4.69) is 58.0 Å². The lowest BCUT2D eigenvalue weighted by atomic mass is 9.82. The Labute approximate surface area is 112 Å². The van der Waals surface area contributed by atoms with E-state index in [0.717, 1.165) is 18.7 Å². The van der Waals surface area contributed by atoms with Gasteiger partial charge in [-0.2, -0.15) is 5.10 Å². The van der Waals surface area contributed by atoms with Crippen LogP contribution in [0, 0.1) is 12.3 Å². The van der Waals surface area contributed by atoms with Crippen molar-refractivity contribution < 1.29 is 0 Å². The molecule has 1 rings (SSSR count). The van der Waals surface area contributed by atoms with E-state index in [1.807, 2.05) is 11.7 Å². The van der Waals surface area contributed by atoms with Crippen LogP contribution in [-0.4, -0.2) is 21.9 Å². The standard InChI is InChI=1S/C15H29N3/c1-8-15(6,11-16-14(3,4)5)10-13-9-12(2)17-18(13)7/h9,16H,8,10-11H2,1-7H3. The van der Waals surface area contributed by atoms with Crippen LogP contribution in [0.2, 0.25) is 0 Å². The summed E-state index contributed by atoms with van der Waals surface area (Å²) >= 11 is 0. The molecule has 0 fully saturated rings. The lowest BCUT2D eigenvalue weighted by Gasteiger charge is -2.33. The van der Waals surface area contributed by atoms with Crippen LogP contribution in [-0.2, 0) is 13.5 Å². The summed E-state index contributed by atoms with van der Waals surface area (Å²) in [6, 6.07) is 2.20. The first-order valence-electron chi connectivity index (χ1n) is 6.90. The van der Waals surface area contributed by atoms with Crippen molar-refractivity contribution in [1.29, 1.82) is 0 Å². The molecule has 0 amide bonds. The molecule has 1 aromatic rings. The van der Waals surface area contributed by atoms with Gasteiger partial charge in [0.15, 0.2) is 0 Å². The van der Waals surface area contributed by atoms with Crippen LogP contribution in [0.3, 0.4) is 0 Å². The predicted octanol–water partition coefficient (Wildman–Crippen LogP) is 3.08. The van der Waals surface area contributed by atoms with E-state index in [4.69, 9.17) is 0 Å². The van der Waals surface area contributed by atoms with Crippen LogP contribution < -0.4 is 5.32 Å². The summed E-state index contributed by atoms with van der Waals surface area (Å²) in [5.74, 6) is 0. The third kappa shape index (κ3) is 4.45. The molecule has 3 heteroatoms. The van der Waals surface area contributed by atoms with Gasteiger partial charge in [-0.1, -0.05) is 13.8 Å². The van der Waals surface area contributed by atoms with E-state index in [0.29, 0.717) is 0 Å². The minimum Gasteiger partial charge on any atom is -0.312 e. The van der Waals surface area contributed by atoms with E-state index in [9.17, 15) is 0 Å². The minimum absolute atomic E-state index is 0.179. The zero-order chi connectivity index (χ0) is 14.0. The van der Waals surface area contributed by atoms with Crippen LogP contribution in [0.15, 0.2) is 6.07 Å². The SMILES string of the molecule is CCC(C)(CNC(C)(C)C)Cc1cc(C)nn1C. The lowest BCUT2D eigenvalue weighted by molar-refractivity contribution is 0.250. The second-order valence-corrected chi connectivity index (χ2v) is 6.85. The molecule has 0 radical (unpaired) electrons. The Morgan fingerprint density at radius 1 is 1.28 bits per heavy atom. The molecule has 1 N–H and O–H groups in total. The summed E-state index contributed by atoms with van der Waals surface area (Å²) in [5, 5.41) is 8.06. The van der Waals surface area contributed by atoms with Crippen molar-refractivity contribution >= 4 is 0 Å². The molecule has 0 saturated carbocycles. The number of aromatic nitrogens is 2. The number of rotatable bonds is 5. The Bertz CT molecular complexity index is 387. The molecule has 0 aliphatic rings. The summed E-state index contributed by atoms with van der Waals surface area (Å²) in [6.45, 7) is 14.4. The number of hydrogen-bond donors (Lipinski definition) is 1. The molecular weight excluding hydrogens is 222 g/mol. The molecule has 0 saturated heterocycles. The van der Waals surface area contributed by atoms with Crippen molar-refractivity contribution in [2.45, 2.75) is 59.9 Å². The summed E-state index contributed by atoms with van der Waals surface area (Å²) in [4.78, 5) is 0. The second-order valence-electron chi connectivity index (χ2n) is 6.85. The highest BCUT2D eigenvalue weighted by atomic mass is 15.3. The molecular formula is C15H29N3. The number of nitrogens with one attached hydrogen (secondary N) is 1. The van der Waals surface area contributed by atoms with Crippen molar-refractivity contribution in [1.82, 2.24) is 15.1 Å². The monoisotopic (exact) mass is 251 g/mol. The fraction of sp³-hybridized carbons (Fsp3) is 0.800. The topological polar surface area (TPSA) is 29.9 Å². The van der Waals surface area contributed by atoms with Crippen molar-refractivity contribution in [3.63, 3.8) is 0 Å². The average Bonchev–Trinajstić information content (AvgIpc) is 2.54.